The highest BCUT2D eigenvalue weighted by molar-refractivity contribution is 6.02. The van der Waals surface area contributed by atoms with Gasteiger partial charge in [0.1, 0.15) is 0 Å². The van der Waals surface area contributed by atoms with E-state index < -0.39 is 11.4 Å². The molecule has 110 valence electrons. The molecule has 2 aromatic rings. The van der Waals surface area contributed by atoms with Gasteiger partial charge in [-0.1, -0.05) is 26.0 Å². The third kappa shape index (κ3) is 4.02. The maximum atomic E-state index is 12.1. The second-order valence-electron chi connectivity index (χ2n) is 5.86. The Kier molecular flexibility index (Phi) is 4.21. The van der Waals surface area contributed by atoms with Crippen LogP contribution in [0.5, 0.6) is 0 Å². The maximum absolute atomic E-state index is 12.1. The maximum Gasteiger partial charge on any atom is 0.303 e. The van der Waals surface area contributed by atoms with Gasteiger partial charge in [-0.25, -0.2) is 0 Å². The second kappa shape index (κ2) is 5.91. The van der Waals surface area contributed by atoms with E-state index in [2.05, 4.69) is 10.3 Å². The van der Waals surface area contributed by atoms with Crippen LogP contribution in [0.25, 0.3) is 10.8 Å². The molecule has 5 nitrogen and oxygen atoms in total. The van der Waals surface area contributed by atoms with Crippen molar-refractivity contribution in [3.8, 4) is 0 Å². The number of hydrogen-bond acceptors (Lipinski definition) is 3. The van der Waals surface area contributed by atoms with Gasteiger partial charge in [0.15, 0.2) is 0 Å². The number of pyridine rings is 1. The van der Waals surface area contributed by atoms with Crippen molar-refractivity contribution in [1.29, 1.82) is 0 Å². The average Bonchev–Trinajstić information content (AvgIpc) is 2.36. The van der Waals surface area contributed by atoms with Gasteiger partial charge < -0.3 is 10.4 Å². The lowest BCUT2D eigenvalue weighted by Gasteiger charge is -2.21. The van der Waals surface area contributed by atoms with Crippen molar-refractivity contribution in [1.82, 2.24) is 4.98 Å². The first-order valence-electron chi connectivity index (χ1n) is 6.72. The number of aliphatic carboxylic acids is 1. The largest absolute Gasteiger partial charge is 0.481 e. The molecule has 1 aromatic heterocycles. The predicted octanol–water partition coefficient (Wildman–Crippen LogP) is 3.06. The summed E-state index contributed by atoms with van der Waals surface area (Å²) in [5.41, 5.74) is 0.133. The van der Waals surface area contributed by atoms with Crippen molar-refractivity contribution < 1.29 is 14.7 Å². The molecule has 2 N–H and O–H groups in total. The summed E-state index contributed by atoms with van der Waals surface area (Å²) >= 11 is 0. The summed E-state index contributed by atoms with van der Waals surface area (Å²) < 4.78 is 0. The van der Waals surface area contributed by atoms with Crippen molar-refractivity contribution in [2.45, 2.75) is 26.7 Å². The van der Waals surface area contributed by atoms with Gasteiger partial charge in [0.25, 0.3) is 0 Å². The standard InChI is InChI=1S/C16H18N2O3/c1-16(2,9-15(20)21)8-14(19)18-13-5-3-4-11-10-17-7-6-12(11)13/h3-7,10H,8-9H2,1-2H3,(H,18,19)(H,20,21). The lowest BCUT2D eigenvalue weighted by molar-refractivity contribution is -0.139. The van der Waals surface area contributed by atoms with Crippen LogP contribution in [-0.2, 0) is 9.59 Å². The third-order valence-corrected chi connectivity index (χ3v) is 3.22. The smallest absolute Gasteiger partial charge is 0.303 e. The number of aromatic nitrogens is 1. The number of carbonyl (C=O) groups excluding carboxylic acids is 1. The fraction of sp³-hybridized carbons (Fsp3) is 0.312. The zero-order valence-corrected chi connectivity index (χ0v) is 12.1. The van der Waals surface area contributed by atoms with E-state index in [-0.39, 0.29) is 18.7 Å². The Morgan fingerprint density at radius 1 is 1.24 bits per heavy atom. The molecule has 0 bridgehead atoms. The number of fused-ring (bicyclic) bond motifs is 1. The van der Waals surface area contributed by atoms with Crippen LogP contribution in [0.3, 0.4) is 0 Å². The lowest BCUT2D eigenvalue weighted by Crippen LogP contribution is -2.24. The van der Waals surface area contributed by atoms with Gasteiger partial charge in [0, 0.05) is 35.3 Å². The van der Waals surface area contributed by atoms with Crippen molar-refractivity contribution in [3.05, 3.63) is 36.7 Å². The molecule has 0 radical (unpaired) electrons. The number of carbonyl (C=O) groups is 2. The van der Waals surface area contributed by atoms with Crippen LogP contribution in [0.1, 0.15) is 26.7 Å². The highest BCUT2D eigenvalue weighted by atomic mass is 16.4. The molecule has 21 heavy (non-hydrogen) atoms. The fourth-order valence-electron chi connectivity index (χ4n) is 2.33. The summed E-state index contributed by atoms with van der Waals surface area (Å²) in [7, 11) is 0. The van der Waals surface area contributed by atoms with Crippen LogP contribution < -0.4 is 5.32 Å². The molecular formula is C16H18N2O3. The Morgan fingerprint density at radius 3 is 2.71 bits per heavy atom. The first kappa shape index (κ1) is 15.0. The monoisotopic (exact) mass is 286 g/mol. The molecule has 0 spiro atoms. The van der Waals surface area contributed by atoms with Gasteiger partial charge in [-0.05, 0) is 17.5 Å². The number of rotatable bonds is 5. The van der Waals surface area contributed by atoms with Crippen LogP contribution >= 0.6 is 0 Å². The number of nitrogens with one attached hydrogen (secondary N) is 1. The van der Waals surface area contributed by atoms with E-state index in [0.29, 0.717) is 5.69 Å². The number of carboxylic acid groups (broad SMARTS) is 1. The molecule has 2 rings (SSSR count). The molecule has 0 atom stereocenters. The molecule has 1 heterocycles. The topological polar surface area (TPSA) is 79.3 Å². The van der Waals surface area contributed by atoms with Crippen molar-refractivity contribution >= 4 is 28.3 Å². The molecule has 0 saturated carbocycles. The van der Waals surface area contributed by atoms with Crippen LogP contribution in [0.2, 0.25) is 0 Å². The van der Waals surface area contributed by atoms with Crippen molar-refractivity contribution in [2.75, 3.05) is 5.32 Å². The molecule has 5 heteroatoms. The van der Waals surface area contributed by atoms with Gasteiger partial charge >= 0.3 is 5.97 Å². The Labute approximate surface area is 123 Å². The normalized spacial score (nSPS) is 11.3. The molecule has 0 fully saturated rings. The van der Waals surface area contributed by atoms with Gasteiger partial charge in [0.05, 0.1) is 6.42 Å². The number of nitrogens with zero attached hydrogens (tertiary/aromatic N) is 1. The fourth-order valence-corrected chi connectivity index (χ4v) is 2.33. The van der Waals surface area contributed by atoms with E-state index in [0.717, 1.165) is 10.8 Å². The number of anilines is 1. The van der Waals surface area contributed by atoms with Crippen LogP contribution in [-0.4, -0.2) is 22.0 Å². The van der Waals surface area contributed by atoms with Crippen LogP contribution in [0.15, 0.2) is 36.7 Å². The molecule has 1 aromatic carbocycles. The highest BCUT2D eigenvalue weighted by Crippen LogP contribution is 2.27. The minimum absolute atomic E-state index is 0.0418. The average molecular weight is 286 g/mol. The third-order valence-electron chi connectivity index (χ3n) is 3.22. The Bertz CT molecular complexity index is 675. The van der Waals surface area contributed by atoms with Gasteiger partial charge in [0.2, 0.25) is 5.91 Å². The van der Waals surface area contributed by atoms with Gasteiger partial charge in [-0.15, -0.1) is 0 Å². The molecule has 0 aliphatic rings. The summed E-state index contributed by atoms with van der Waals surface area (Å²) in [6, 6.07) is 7.44. The van der Waals surface area contributed by atoms with Crippen LogP contribution in [0, 0.1) is 5.41 Å². The van der Waals surface area contributed by atoms with E-state index >= 15 is 0 Å². The van der Waals surface area contributed by atoms with E-state index in [1.807, 2.05) is 24.3 Å². The molecule has 0 aliphatic carbocycles. The second-order valence-corrected chi connectivity index (χ2v) is 5.86. The minimum atomic E-state index is -0.899. The quantitative estimate of drug-likeness (QED) is 0.885. The SMILES string of the molecule is CC(C)(CC(=O)O)CC(=O)Nc1cccc2cnccc12. The van der Waals surface area contributed by atoms with Crippen LogP contribution in [0.4, 0.5) is 5.69 Å². The van der Waals surface area contributed by atoms with Crippen molar-refractivity contribution in [2.24, 2.45) is 5.41 Å². The Balaban J connectivity index is 2.13. The van der Waals surface area contributed by atoms with Gasteiger partial charge in [-0.2, -0.15) is 0 Å². The molecule has 0 unspecified atom stereocenters. The molecule has 1 amide bonds. The molecule has 0 saturated heterocycles. The zero-order valence-electron chi connectivity index (χ0n) is 12.1. The van der Waals surface area contributed by atoms with Gasteiger partial charge in [-0.3, -0.25) is 14.6 Å². The number of carboxylic acids is 1. The van der Waals surface area contributed by atoms with E-state index in [1.165, 1.54) is 0 Å². The zero-order chi connectivity index (χ0) is 15.5. The Morgan fingerprint density at radius 2 is 2.00 bits per heavy atom. The summed E-state index contributed by atoms with van der Waals surface area (Å²) in [5, 5.41) is 13.6. The first-order chi connectivity index (χ1) is 9.87. The van der Waals surface area contributed by atoms with E-state index in [9.17, 15) is 9.59 Å². The molecular weight excluding hydrogens is 268 g/mol. The summed E-state index contributed by atoms with van der Waals surface area (Å²) in [6.07, 6.45) is 3.52. The minimum Gasteiger partial charge on any atom is -0.481 e. The first-order valence-corrected chi connectivity index (χ1v) is 6.72. The van der Waals surface area contributed by atoms with E-state index in [1.54, 1.807) is 26.2 Å². The molecule has 0 aliphatic heterocycles. The highest BCUT2D eigenvalue weighted by Gasteiger charge is 2.25. The lowest BCUT2D eigenvalue weighted by atomic mass is 9.85. The summed E-state index contributed by atoms with van der Waals surface area (Å²) in [4.78, 5) is 27.0. The Hall–Kier alpha value is -2.43. The summed E-state index contributed by atoms with van der Waals surface area (Å²) in [6.45, 7) is 3.54. The van der Waals surface area contributed by atoms with Crippen molar-refractivity contribution in [3.63, 3.8) is 0 Å². The number of amides is 1. The predicted molar refractivity (Wildman–Crippen MR) is 81.0 cm³/mol. The van der Waals surface area contributed by atoms with E-state index in [4.69, 9.17) is 5.11 Å². The number of hydrogen-bond donors (Lipinski definition) is 2. The summed E-state index contributed by atoms with van der Waals surface area (Å²) in [5.74, 6) is -1.09. The number of benzene rings is 1.